The second kappa shape index (κ2) is 8.76. The molecule has 0 saturated carbocycles. The zero-order chi connectivity index (χ0) is 21.1. The van der Waals surface area contributed by atoms with Crippen LogP contribution in [0.1, 0.15) is 42.5 Å². The fourth-order valence-electron chi connectivity index (χ4n) is 4.28. The van der Waals surface area contributed by atoms with Crippen LogP contribution in [0.25, 0.3) is 5.69 Å². The number of aliphatic imine (C=N–C) groups is 1. The number of nitrogen functional groups attached to an aromatic ring is 1. The highest BCUT2D eigenvalue weighted by molar-refractivity contribution is 5.80. The zero-order valence-electron chi connectivity index (χ0n) is 17.6. The molecule has 0 radical (unpaired) electrons. The third-order valence-electron chi connectivity index (χ3n) is 5.92. The normalized spacial score (nSPS) is 22.8. The summed E-state index contributed by atoms with van der Waals surface area (Å²) in [5.41, 5.74) is 9.40. The molecule has 2 fully saturated rings. The highest BCUT2D eigenvalue weighted by atomic mass is 16.5. The van der Waals surface area contributed by atoms with Crippen LogP contribution in [0.5, 0.6) is 0 Å². The predicted octanol–water partition coefficient (Wildman–Crippen LogP) is 2.05. The Morgan fingerprint density at radius 1 is 1.37 bits per heavy atom. The fourth-order valence-corrected chi connectivity index (χ4v) is 4.28. The molecule has 8 nitrogen and oxygen atoms in total. The van der Waals surface area contributed by atoms with E-state index >= 15 is 0 Å². The molecule has 1 aromatic heterocycles. The topological polar surface area (TPSA) is 113 Å². The molecular formula is C22H29N7O. The molecule has 158 valence electrons. The Hall–Kier alpha value is -3.05. The molecule has 2 bridgehead atoms. The minimum absolute atomic E-state index is 0.306. The standard InChI is InChI=1S/C22H29N7O/c1-14-5-7-15(8-6-14)29-21(24)17(13-23)18(28-29)4-3-11-26-22(25-2)27-19-12-16-9-10-20(19)30-16/h5-8,16,19-20H,3-4,9-12,24H2,1-2H3,(H2,25,26,27). The number of nitrogens with two attached hydrogens (primary N) is 1. The number of benzene rings is 1. The number of anilines is 1. The molecule has 4 rings (SSSR count). The summed E-state index contributed by atoms with van der Waals surface area (Å²) in [5, 5.41) is 21.0. The first-order valence-corrected chi connectivity index (χ1v) is 10.6. The van der Waals surface area contributed by atoms with Crippen molar-refractivity contribution in [1.29, 1.82) is 5.26 Å². The van der Waals surface area contributed by atoms with Gasteiger partial charge in [-0.1, -0.05) is 17.7 Å². The molecule has 30 heavy (non-hydrogen) atoms. The molecule has 2 aliphatic heterocycles. The summed E-state index contributed by atoms with van der Waals surface area (Å²) in [6.45, 7) is 2.76. The van der Waals surface area contributed by atoms with Gasteiger partial charge < -0.3 is 21.1 Å². The molecule has 4 N–H and O–H groups in total. The molecule has 2 saturated heterocycles. The zero-order valence-corrected chi connectivity index (χ0v) is 17.6. The molecule has 0 aliphatic carbocycles. The lowest BCUT2D eigenvalue weighted by molar-refractivity contribution is 0.0992. The molecule has 3 heterocycles. The van der Waals surface area contributed by atoms with E-state index < -0.39 is 0 Å². The Kier molecular flexibility index (Phi) is 5.91. The van der Waals surface area contributed by atoms with E-state index in [1.54, 1.807) is 11.7 Å². The van der Waals surface area contributed by atoms with Crippen LogP contribution in [0.3, 0.4) is 0 Å². The number of rotatable bonds is 6. The van der Waals surface area contributed by atoms with Crippen LogP contribution >= 0.6 is 0 Å². The molecule has 0 amide bonds. The molecule has 2 aromatic rings. The van der Waals surface area contributed by atoms with Gasteiger partial charge >= 0.3 is 0 Å². The van der Waals surface area contributed by atoms with Gasteiger partial charge in [-0.05, 0) is 51.2 Å². The highest BCUT2D eigenvalue weighted by Crippen LogP contribution is 2.34. The van der Waals surface area contributed by atoms with E-state index in [0.29, 0.717) is 36.1 Å². The van der Waals surface area contributed by atoms with E-state index in [2.05, 4.69) is 26.8 Å². The van der Waals surface area contributed by atoms with Crippen LogP contribution in [0.15, 0.2) is 29.3 Å². The van der Waals surface area contributed by atoms with Gasteiger partial charge in [0.1, 0.15) is 17.5 Å². The maximum absolute atomic E-state index is 9.56. The summed E-state index contributed by atoms with van der Waals surface area (Å²) in [4.78, 5) is 4.33. The summed E-state index contributed by atoms with van der Waals surface area (Å²) in [5.74, 6) is 1.18. The Morgan fingerprint density at radius 2 is 2.17 bits per heavy atom. The first-order valence-electron chi connectivity index (χ1n) is 10.6. The number of ether oxygens (including phenoxy) is 1. The van der Waals surface area contributed by atoms with E-state index in [-0.39, 0.29) is 0 Å². The average Bonchev–Trinajstić information content (AvgIpc) is 3.45. The van der Waals surface area contributed by atoms with Crippen molar-refractivity contribution in [2.45, 2.75) is 57.3 Å². The number of nitriles is 1. The third-order valence-corrected chi connectivity index (χ3v) is 5.92. The second-order valence-electron chi connectivity index (χ2n) is 8.03. The third kappa shape index (κ3) is 4.12. The van der Waals surface area contributed by atoms with Gasteiger partial charge in [-0.25, -0.2) is 4.68 Å². The summed E-state index contributed by atoms with van der Waals surface area (Å²) in [6.07, 6.45) is 5.53. The Balaban J connectivity index is 1.33. The lowest BCUT2D eigenvalue weighted by atomic mass is 9.96. The van der Waals surface area contributed by atoms with E-state index in [1.807, 2.05) is 31.2 Å². The van der Waals surface area contributed by atoms with Gasteiger partial charge in [0.25, 0.3) is 0 Å². The van der Waals surface area contributed by atoms with Crippen molar-refractivity contribution in [2.24, 2.45) is 4.99 Å². The van der Waals surface area contributed by atoms with E-state index in [1.165, 1.54) is 6.42 Å². The van der Waals surface area contributed by atoms with Crippen molar-refractivity contribution < 1.29 is 4.74 Å². The van der Waals surface area contributed by atoms with Crippen LogP contribution in [0, 0.1) is 18.3 Å². The quantitative estimate of drug-likeness (QED) is 0.384. The monoisotopic (exact) mass is 407 g/mol. The maximum atomic E-state index is 9.56. The SMILES string of the molecule is CN=C(NCCCc1nn(-c2ccc(C)cc2)c(N)c1C#N)NC1CC2CCC1O2. The van der Waals surface area contributed by atoms with Crippen LogP contribution in [0.2, 0.25) is 0 Å². The number of nitrogens with one attached hydrogen (secondary N) is 2. The number of nitrogens with zero attached hydrogens (tertiary/aromatic N) is 4. The number of fused-ring (bicyclic) bond motifs is 2. The first kappa shape index (κ1) is 20.2. The second-order valence-corrected chi connectivity index (χ2v) is 8.03. The minimum Gasteiger partial charge on any atom is -0.382 e. The van der Waals surface area contributed by atoms with Gasteiger partial charge in [-0.3, -0.25) is 4.99 Å². The number of hydrogen-bond donors (Lipinski definition) is 3. The van der Waals surface area contributed by atoms with Gasteiger partial charge in [0.2, 0.25) is 0 Å². The van der Waals surface area contributed by atoms with Crippen molar-refractivity contribution in [3.8, 4) is 11.8 Å². The van der Waals surface area contributed by atoms with Crippen LogP contribution < -0.4 is 16.4 Å². The van der Waals surface area contributed by atoms with Gasteiger partial charge in [-0.2, -0.15) is 10.4 Å². The molecule has 3 atom stereocenters. The fraction of sp³-hybridized carbons (Fsp3) is 0.500. The molecule has 0 spiro atoms. The minimum atomic E-state index is 0.306. The number of hydrogen-bond acceptors (Lipinski definition) is 5. The van der Waals surface area contributed by atoms with Crippen molar-refractivity contribution >= 4 is 11.8 Å². The van der Waals surface area contributed by atoms with Crippen LogP contribution in [0.4, 0.5) is 5.82 Å². The molecule has 2 aliphatic rings. The average molecular weight is 408 g/mol. The van der Waals surface area contributed by atoms with Gasteiger partial charge in [0, 0.05) is 13.6 Å². The number of guanidine groups is 1. The molecular weight excluding hydrogens is 378 g/mol. The van der Waals surface area contributed by atoms with Crippen molar-refractivity contribution in [2.75, 3.05) is 19.3 Å². The lowest BCUT2D eigenvalue weighted by Gasteiger charge is -2.22. The molecule has 8 heteroatoms. The van der Waals surface area contributed by atoms with Gasteiger partial charge in [0.05, 0.1) is 29.6 Å². The number of aromatic nitrogens is 2. The van der Waals surface area contributed by atoms with Gasteiger partial charge in [-0.15, -0.1) is 0 Å². The Morgan fingerprint density at radius 3 is 2.80 bits per heavy atom. The van der Waals surface area contributed by atoms with E-state index in [9.17, 15) is 5.26 Å². The Labute approximate surface area is 177 Å². The van der Waals surface area contributed by atoms with Gasteiger partial charge in [0.15, 0.2) is 5.96 Å². The summed E-state index contributed by atoms with van der Waals surface area (Å²) in [6, 6.07) is 10.5. The predicted molar refractivity (Wildman–Crippen MR) is 117 cm³/mol. The lowest BCUT2D eigenvalue weighted by Crippen LogP contribution is -2.47. The van der Waals surface area contributed by atoms with Crippen molar-refractivity contribution in [1.82, 2.24) is 20.4 Å². The Bertz CT molecular complexity index is 957. The van der Waals surface area contributed by atoms with Crippen LogP contribution in [-0.2, 0) is 11.2 Å². The van der Waals surface area contributed by atoms with E-state index in [0.717, 1.165) is 48.7 Å². The van der Waals surface area contributed by atoms with Crippen molar-refractivity contribution in [3.05, 3.63) is 41.1 Å². The van der Waals surface area contributed by atoms with E-state index in [4.69, 9.17) is 10.5 Å². The smallest absolute Gasteiger partial charge is 0.191 e. The van der Waals surface area contributed by atoms with Crippen LogP contribution in [-0.4, -0.2) is 47.6 Å². The summed E-state index contributed by atoms with van der Waals surface area (Å²) >= 11 is 0. The van der Waals surface area contributed by atoms with Crippen molar-refractivity contribution in [3.63, 3.8) is 0 Å². The number of aryl methyl sites for hydroxylation is 2. The largest absolute Gasteiger partial charge is 0.382 e. The summed E-state index contributed by atoms with van der Waals surface area (Å²) < 4.78 is 7.55. The summed E-state index contributed by atoms with van der Waals surface area (Å²) in [7, 11) is 1.78. The molecule has 1 aromatic carbocycles. The maximum Gasteiger partial charge on any atom is 0.191 e. The highest BCUT2D eigenvalue weighted by Gasteiger charge is 2.41. The first-order chi connectivity index (χ1) is 14.6. The molecule has 3 unspecified atom stereocenters.